The molecule has 0 aromatic carbocycles. The summed E-state index contributed by atoms with van der Waals surface area (Å²) in [6.45, 7) is 5.54. The second-order valence-electron chi connectivity index (χ2n) is 4.65. The number of hydrogen-bond acceptors (Lipinski definition) is 5. The Bertz CT molecular complexity index is 437. The lowest BCUT2D eigenvalue weighted by atomic mass is 10.3. The van der Waals surface area contributed by atoms with Crippen LogP contribution in [0.1, 0.15) is 33.1 Å². The van der Waals surface area contributed by atoms with Gasteiger partial charge in [0, 0.05) is 6.54 Å². The molecule has 1 heterocycles. The number of primary amides is 1. The van der Waals surface area contributed by atoms with Gasteiger partial charge in [0.25, 0.3) is 0 Å². The molecule has 0 spiro atoms. The maximum absolute atomic E-state index is 11.2. The lowest BCUT2D eigenvalue weighted by molar-refractivity contribution is -0.116. The van der Waals surface area contributed by atoms with Crippen LogP contribution in [0.5, 0.6) is 5.88 Å². The molecule has 0 saturated carbocycles. The van der Waals surface area contributed by atoms with Crippen LogP contribution in [0, 0.1) is 0 Å². The fourth-order valence-electron chi connectivity index (χ4n) is 1.74. The molecule has 0 fully saturated rings. The number of carbonyl (C=O) groups excluding carboxylic acids is 1. The summed E-state index contributed by atoms with van der Waals surface area (Å²) in [7, 11) is 0. The third kappa shape index (κ3) is 4.95. The summed E-state index contributed by atoms with van der Waals surface area (Å²) < 4.78 is 5.51. The Labute approximate surface area is 120 Å². The monoisotopic (exact) mass is 280 g/mol. The zero-order chi connectivity index (χ0) is 15.0. The largest absolute Gasteiger partial charge is 0.476 e. The van der Waals surface area contributed by atoms with Crippen LogP contribution in [0.15, 0.2) is 12.1 Å². The van der Waals surface area contributed by atoms with E-state index in [0.717, 1.165) is 25.8 Å². The van der Waals surface area contributed by atoms with Crippen molar-refractivity contribution in [2.24, 2.45) is 5.73 Å². The van der Waals surface area contributed by atoms with E-state index in [2.05, 4.69) is 11.9 Å². The van der Waals surface area contributed by atoms with Crippen molar-refractivity contribution < 1.29 is 9.53 Å². The number of nitrogen functional groups attached to an aromatic ring is 1. The average molecular weight is 280 g/mol. The molecule has 20 heavy (non-hydrogen) atoms. The Kier molecular flexibility index (Phi) is 6.63. The molecule has 1 aromatic heterocycles. The highest BCUT2D eigenvalue weighted by atomic mass is 16.5. The second kappa shape index (κ2) is 8.24. The van der Waals surface area contributed by atoms with E-state index < -0.39 is 0 Å². The Hall–Kier alpha value is -1.98. The van der Waals surface area contributed by atoms with Crippen LogP contribution in [0.4, 0.5) is 11.5 Å². The minimum absolute atomic E-state index is 0.143. The van der Waals surface area contributed by atoms with E-state index in [1.54, 1.807) is 12.1 Å². The van der Waals surface area contributed by atoms with Gasteiger partial charge in [-0.25, -0.2) is 0 Å². The predicted octanol–water partition coefficient (Wildman–Crippen LogP) is 1.54. The molecule has 1 amide bonds. The van der Waals surface area contributed by atoms with Gasteiger partial charge in [-0.3, -0.25) is 4.79 Å². The number of amides is 1. The molecule has 1 aromatic rings. The summed E-state index contributed by atoms with van der Waals surface area (Å²) in [5.74, 6) is 0.698. The van der Waals surface area contributed by atoms with E-state index in [-0.39, 0.29) is 12.5 Å². The van der Waals surface area contributed by atoms with E-state index in [1.165, 1.54) is 0 Å². The molecule has 6 heteroatoms. The molecule has 0 aliphatic heterocycles. The zero-order valence-corrected chi connectivity index (χ0v) is 12.3. The minimum Gasteiger partial charge on any atom is -0.476 e. The van der Waals surface area contributed by atoms with E-state index >= 15 is 0 Å². The highest BCUT2D eigenvalue weighted by molar-refractivity contribution is 5.79. The molecule has 4 N–H and O–H groups in total. The number of rotatable bonds is 9. The second-order valence-corrected chi connectivity index (χ2v) is 4.65. The van der Waals surface area contributed by atoms with Crippen molar-refractivity contribution in [2.45, 2.75) is 33.1 Å². The molecule has 112 valence electrons. The van der Waals surface area contributed by atoms with E-state index in [0.29, 0.717) is 24.0 Å². The maximum Gasteiger partial charge on any atom is 0.239 e. The molecule has 0 saturated heterocycles. The van der Waals surface area contributed by atoms with Gasteiger partial charge in [-0.05, 0) is 25.0 Å². The Morgan fingerprint density at radius 3 is 2.70 bits per heavy atom. The highest BCUT2D eigenvalue weighted by Crippen LogP contribution is 2.23. The molecular weight excluding hydrogens is 256 g/mol. The number of anilines is 2. The van der Waals surface area contributed by atoms with Crippen molar-refractivity contribution in [2.75, 3.05) is 30.3 Å². The van der Waals surface area contributed by atoms with E-state index in [9.17, 15) is 4.79 Å². The summed E-state index contributed by atoms with van der Waals surface area (Å²) >= 11 is 0. The van der Waals surface area contributed by atoms with Crippen LogP contribution in [-0.4, -0.2) is 30.6 Å². The van der Waals surface area contributed by atoms with Gasteiger partial charge in [-0.1, -0.05) is 20.3 Å². The van der Waals surface area contributed by atoms with Crippen molar-refractivity contribution in [3.63, 3.8) is 0 Å². The van der Waals surface area contributed by atoms with E-state index in [4.69, 9.17) is 16.2 Å². The molecule has 0 unspecified atom stereocenters. The number of hydrogen-bond donors (Lipinski definition) is 2. The normalized spacial score (nSPS) is 10.3. The van der Waals surface area contributed by atoms with Gasteiger partial charge >= 0.3 is 0 Å². The Morgan fingerprint density at radius 2 is 2.10 bits per heavy atom. The zero-order valence-electron chi connectivity index (χ0n) is 12.3. The van der Waals surface area contributed by atoms with Gasteiger partial charge in [0.2, 0.25) is 11.8 Å². The van der Waals surface area contributed by atoms with Crippen molar-refractivity contribution in [1.29, 1.82) is 0 Å². The number of carbonyl (C=O) groups is 1. The van der Waals surface area contributed by atoms with Crippen LogP contribution in [0.3, 0.4) is 0 Å². The molecular formula is C14H24N4O2. The summed E-state index contributed by atoms with van der Waals surface area (Å²) in [4.78, 5) is 17.4. The van der Waals surface area contributed by atoms with Crippen molar-refractivity contribution in [1.82, 2.24) is 4.98 Å². The number of nitrogens with zero attached hydrogens (tertiary/aromatic N) is 2. The van der Waals surface area contributed by atoms with Crippen LogP contribution in [-0.2, 0) is 4.79 Å². The predicted molar refractivity (Wildman–Crippen MR) is 80.8 cm³/mol. The van der Waals surface area contributed by atoms with Crippen LogP contribution < -0.4 is 21.1 Å². The fourth-order valence-corrected chi connectivity index (χ4v) is 1.74. The maximum atomic E-state index is 11.2. The minimum atomic E-state index is -0.379. The van der Waals surface area contributed by atoms with Gasteiger partial charge in [-0.2, -0.15) is 4.98 Å². The van der Waals surface area contributed by atoms with E-state index in [1.807, 2.05) is 11.8 Å². The standard InChI is InChI=1S/C14H24N4O2/c1-3-5-8-18(10-12(16)19)13-7-6-11(15)14(17-13)20-9-4-2/h6-7H,3-5,8-10,15H2,1-2H3,(H2,16,19). The van der Waals surface area contributed by atoms with Crippen LogP contribution >= 0.6 is 0 Å². The van der Waals surface area contributed by atoms with Crippen molar-refractivity contribution in [3.05, 3.63) is 12.1 Å². The van der Waals surface area contributed by atoms with Crippen molar-refractivity contribution >= 4 is 17.4 Å². The smallest absolute Gasteiger partial charge is 0.239 e. The van der Waals surface area contributed by atoms with Gasteiger partial charge in [-0.15, -0.1) is 0 Å². The summed E-state index contributed by atoms with van der Waals surface area (Å²) in [5.41, 5.74) is 11.6. The molecule has 6 nitrogen and oxygen atoms in total. The van der Waals surface area contributed by atoms with Gasteiger partial charge in [0.1, 0.15) is 5.82 Å². The quantitative estimate of drug-likeness (QED) is 0.715. The molecule has 0 radical (unpaired) electrons. The molecule has 0 aliphatic carbocycles. The molecule has 1 rings (SSSR count). The van der Waals surface area contributed by atoms with Gasteiger partial charge in [0.05, 0.1) is 18.8 Å². The topological polar surface area (TPSA) is 94.5 Å². The third-order valence-corrected chi connectivity index (χ3v) is 2.77. The van der Waals surface area contributed by atoms with Gasteiger partial charge < -0.3 is 21.1 Å². The number of ether oxygens (including phenoxy) is 1. The molecule has 0 bridgehead atoms. The Balaban J connectivity index is 2.90. The first-order valence-corrected chi connectivity index (χ1v) is 7.01. The fraction of sp³-hybridized carbons (Fsp3) is 0.571. The number of pyridine rings is 1. The average Bonchev–Trinajstić information content (AvgIpc) is 2.42. The summed E-state index contributed by atoms with van der Waals surface area (Å²) in [5, 5.41) is 0. The first-order chi connectivity index (χ1) is 9.58. The first kappa shape index (κ1) is 16.1. The van der Waals surface area contributed by atoms with Crippen LogP contribution in [0.2, 0.25) is 0 Å². The van der Waals surface area contributed by atoms with Gasteiger partial charge in [0.15, 0.2) is 0 Å². The summed E-state index contributed by atoms with van der Waals surface area (Å²) in [6, 6.07) is 3.53. The lowest BCUT2D eigenvalue weighted by Crippen LogP contribution is -2.35. The SMILES string of the molecule is CCCCN(CC(N)=O)c1ccc(N)c(OCCC)n1. The molecule has 0 atom stereocenters. The first-order valence-electron chi connectivity index (χ1n) is 7.01. The van der Waals surface area contributed by atoms with Crippen LogP contribution in [0.25, 0.3) is 0 Å². The number of aromatic nitrogens is 1. The number of unbranched alkanes of at least 4 members (excludes halogenated alkanes) is 1. The third-order valence-electron chi connectivity index (χ3n) is 2.77. The Morgan fingerprint density at radius 1 is 1.35 bits per heavy atom. The van der Waals surface area contributed by atoms with Crippen molar-refractivity contribution in [3.8, 4) is 5.88 Å². The molecule has 0 aliphatic rings. The summed E-state index contributed by atoms with van der Waals surface area (Å²) in [6.07, 6.45) is 2.88. The lowest BCUT2D eigenvalue weighted by Gasteiger charge is -2.22. The number of nitrogens with two attached hydrogens (primary N) is 2. The highest BCUT2D eigenvalue weighted by Gasteiger charge is 2.13.